The fraction of sp³-hybridized carbons (Fsp3) is 1.00. The summed E-state index contributed by atoms with van der Waals surface area (Å²) >= 11 is 0. The molecular weight excluding hydrogens is 220 g/mol. The van der Waals surface area contributed by atoms with Gasteiger partial charge in [0.05, 0.1) is 0 Å². The van der Waals surface area contributed by atoms with Crippen molar-refractivity contribution in [1.29, 1.82) is 0 Å². The van der Waals surface area contributed by atoms with Crippen LogP contribution in [0.25, 0.3) is 0 Å². The minimum atomic E-state index is -4.67. The molecule has 0 rings (SSSR count). The number of hydrazine groups is 1. The van der Waals surface area contributed by atoms with E-state index in [1.54, 1.807) is 0 Å². The summed E-state index contributed by atoms with van der Waals surface area (Å²) in [6.07, 6.45) is 4.92. The topological polar surface area (TPSA) is 104 Å². The zero-order chi connectivity index (χ0) is 12.3. The lowest BCUT2D eigenvalue weighted by atomic mass is 10.3. The lowest BCUT2D eigenvalue weighted by Crippen LogP contribution is -2.32. The van der Waals surface area contributed by atoms with Gasteiger partial charge in [0.1, 0.15) is 0 Å². The van der Waals surface area contributed by atoms with Gasteiger partial charge in [-0.25, -0.2) is 5.01 Å². The fourth-order valence-corrected chi connectivity index (χ4v) is 0.834. The van der Waals surface area contributed by atoms with E-state index < -0.39 is 10.4 Å². The summed E-state index contributed by atoms with van der Waals surface area (Å²) in [4.78, 5) is 0. The summed E-state index contributed by atoms with van der Waals surface area (Å²) in [6.45, 7) is 6.48. The van der Waals surface area contributed by atoms with Gasteiger partial charge >= 0.3 is 10.4 Å². The first-order valence-corrected chi connectivity index (χ1v) is 6.40. The zero-order valence-corrected chi connectivity index (χ0v) is 10.2. The molecule has 0 fully saturated rings. The highest BCUT2D eigenvalue weighted by Crippen LogP contribution is 1.92. The zero-order valence-electron chi connectivity index (χ0n) is 9.39. The standard InChI is InChI=1S/C8H20N2.H2O4S/c1-3-5-7-10(9)8-6-4-2;1-5(2,3)4/h3-9H2,1-2H3;(H2,1,2,3,4). The molecule has 15 heavy (non-hydrogen) atoms. The summed E-state index contributed by atoms with van der Waals surface area (Å²) in [6, 6.07) is 0. The van der Waals surface area contributed by atoms with Crippen LogP contribution in [0, 0.1) is 0 Å². The van der Waals surface area contributed by atoms with Gasteiger partial charge in [-0.2, -0.15) is 8.42 Å². The van der Waals surface area contributed by atoms with Crippen LogP contribution in [0.2, 0.25) is 0 Å². The van der Waals surface area contributed by atoms with Gasteiger partial charge in [-0.05, 0) is 12.8 Å². The Kier molecular flexibility index (Phi) is 11.8. The van der Waals surface area contributed by atoms with Crippen LogP contribution >= 0.6 is 0 Å². The van der Waals surface area contributed by atoms with Gasteiger partial charge in [0.15, 0.2) is 0 Å². The molecular formula is C8H22N2O4S. The summed E-state index contributed by atoms with van der Waals surface area (Å²) in [5.74, 6) is 5.68. The molecule has 0 amide bonds. The minimum Gasteiger partial charge on any atom is -0.269 e. The van der Waals surface area contributed by atoms with E-state index in [1.807, 2.05) is 5.01 Å². The third-order valence-corrected chi connectivity index (χ3v) is 1.60. The third-order valence-electron chi connectivity index (χ3n) is 1.60. The van der Waals surface area contributed by atoms with E-state index in [-0.39, 0.29) is 0 Å². The molecule has 94 valence electrons. The second-order valence-electron chi connectivity index (χ2n) is 3.19. The van der Waals surface area contributed by atoms with Crippen molar-refractivity contribution in [3.8, 4) is 0 Å². The molecule has 0 saturated heterocycles. The van der Waals surface area contributed by atoms with Gasteiger partial charge in [0.25, 0.3) is 0 Å². The van der Waals surface area contributed by atoms with Crippen LogP contribution in [0.5, 0.6) is 0 Å². The van der Waals surface area contributed by atoms with E-state index in [0.29, 0.717) is 0 Å². The largest absolute Gasteiger partial charge is 0.394 e. The predicted molar refractivity (Wildman–Crippen MR) is 59.8 cm³/mol. The van der Waals surface area contributed by atoms with Crippen molar-refractivity contribution >= 4 is 10.4 Å². The molecule has 0 atom stereocenters. The molecule has 0 aliphatic rings. The molecule has 0 unspecified atom stereocenters. The van der Waals surface area contributed by atoms with Crippen molar-refractivity contribution in [2.24, 2.45) is 5.84 Å². The van der Waals surface area contributed by atoms with Crippen molar-refractivity contribution in [3.63, 3.8) is 0 Å². The maximum atomic E-state index is 8.74. The Bertz CT molecular complexity index is 203. The number of nitrogens with zero attached hydrogens (tertiary/aromatic N) is 1. The van der Waals surface area contributed by atoms with E-state index in [9.17, 15) is 0 Å². The Morgan fingerprint density at radius 1 is 1.07 bits per heavy atom. The minimum absolute atomic E-state index is 1.05. The Labute approximate surface area is 92.0 Å². The van der Waals surface area contributed by atoms with Gasteiger partial charge < -0.3 is 0 Å². The molecule has 0 heterocycles. The normalized spacial score (nSPS) is 11.1. The molecule has 0 saturated carbocycles. The van der Waals surface area contributed by atoms with E-state index >= 15 is 0 Å². The summed E-state index contributed by atoms with van der Waals surface area (Å²) in [7, 11) is -4.67. The van der Waals surface area contributed by atoms with E-state index in [4.69, 9.17) is 23.4 Å². The van der Waals surface area contributed by atoms with Crippen molar-refractivity contribution in [2.75, 3.05) is 13.1 Å². The first-order valence-electron chi connectivity index (χ1n) is 5.00. The third kappa shape index (κ3) is 31.6. The van der Waals surface area contributed by atoms with Crippen molar-refractivity contribution in [2.45, 2.75) is 39.5 Å². The Hall–Kier alpha value is -0.210. The van der Waals surface area contributed by atoms with Gasteiger partial charge in [-0.1, -0.05) is 26.7 Å². The molecule has 0 aliphatic carbocycles. The smallest absolute Gasteiger partial charge is 0.269 e. The molecule has 0 aromatic heterocycles. The number of nitrogens with two attached hydrogens (primary N) is 1. The van der Waals surface area contributed by atoms with Crippen LogP contribution in [0.3, 0.4) is 0 Å². The van der Waals surface area contributed by atoms with Crippen LogP contribution < -0.4 is 5.84 Å². The highest BCUT2D eigenvalue weighted by atomic mass is 32.3. The molecule has 0 spiro atoms. The Morgan fingerprint density at radius 3 is 1.53 bits per heavy atom. The first kappa shape index (κ1) is 17.2. The van der Waals surface area contributed by atoms with E-state index in [0.717, 1.165) is 13.1 Å². The molecule has 4 N–H and O–H groups in total. The van der Waals surface area contributed by atoms with Crippen LogP contribution in [-0.4, -0.2) is 35.6 Å². The molecule has 0 aliphatic heterocycles. The van der Waals surface area contributed by atoms with Crippen LogP contribution in [-0.2, 0) is 10.4 Å². The van der Waals surface area contributed by atoms with Gasteiger partial charge in [-0.15, -0.1) is 0 Å². The second-order valence-corrected chi connectivity index (χ2v) is 4.09. The lowest BCUT2D eigenvalue weighted by molar-refractivity contribution is 0.274. The SMILES string of the molecule is CCCCN(N)CCCC.O=S(=O)(O)O. The van der Waals surface area contributed by atoms with Crippen LogP contribution in [0.1, 0.15) is 39.5 Å². The maximum absolute atomic E-state index is 8.74. The van der Waals surface area contributed by atoms with Gasteiger partial charge in [0.2, 0.25) is 0 Å². The highest BCUT2D eigenvalue weighted by Gasteiger charge is 1.94. The van der Waals surface area contributed by atoms with Crippen molar-refractivity contribution < 1.29 is 17.5 Å². The van der Waals surface area contributed by atoms with Gasteiger partial charge in [-0.3, -0.25) is 14.9 Å². The maximum Gasteiger partial charge on any atom is 0.394 e. The molecule has 0 bridgehead atoms. The average molecular weight is 242 g/mol. The monoisotopic (exact) mass is 242 g/mol. The van der Waals surface area contributed by atoms with Crippen molar-refractivity contribution in [3.05, 3.63) is 0 Å². The number of rotatable bonds is 6. The summed E-state index contributed by atoms with van der Waals surface area (Å²) in [5, 5.41) is 1.92. The van der Waals surface area contributed by atoms with Crippen LogP contribution in [0.15, 0.2) is 0 Å². The molecule has 7 heteroatoms. The number of hydrogen-bond donors (Lipinski definition) is 3. The molecule has 0 aromatic rings. The lowest BCUT2D eigenvalue weighted by Gasteiger charge is -2.14. The number of unbranched alkanes of at least 4 members (excludes halogenated alkanes) is 2. The predicted octanol–water partition coefficient (Wildman–Crippen LogP) is 1.11. The highest BCUT2D eigenvalue weighted by molar-refractivity contribution is 7.79. The number of hydrogen-bond acceptors (Lipinski definition) is 4. The molecule has 0 aromatic carbocycles. The molecule has 6 nitrogen and oxygen atoms in total. The fourth-order valence-electron chi connectivity index (χ4n) is 0.834. The van der Waals surface area contributed by atoms with E-state index in [2.05, 4.69) is 13.8 Å². The van der Waals surface area contributed by atoms with Gasteiger partial charge in [0, 0.05) is 13.1 Å². The average Bonchev–Trinajstić information content (AvgIpc) is 2.08. The van der Waals surface area contributed by atoms with E-state index in [1.165, 1.54) is 25.7 Å². The quantitative estimate of drug-likeness (QED) is 0.366. The Balaban J connectivity index is 0. The Morgan fingerprint density at radius 2 is 1.33 bits per heavy atom. The summed E-state index contributed by atoms with van der Waals surface area (Å²) in [5.41, 5.74) is 0. The first-order chi connectivity index (χ1) is 6.81. The summed E-state index contributed by atoms with van der Waals surface area (Å²) < 4.78 is 31.6. The molecule has 0 radical (unpaired) electrons. The second kappa shape index (κ2) is 10.3. The van der Waals surface area contributed by atoms with Crippen molar-refractivity contribution in [1.82, 2.24) is 5.01 Å². The van der Waals surface area contributed by atoms with Crippen LogP contribution in [0.4, 0.5) is 0 Å².